The number of ether oxygens (including phenoxy) is 1. The van der Waals surface area contributed by atoms with Crippen molar-refractivity contribution >= 4 is 11.6 Å². The minimum absolute atomic E-state index is 0.0270. The molecule has 26 heavy (non-hydrogen) atoms. The third-order valence-electron chi connectivity index (χ3n) is 4.71. The van der Waals surface area contributed by atoms with Crippen LogP contribution < -0.4 is 10.1 Å². The average molecular weight is 352 g/mol. The van der Waals surface area contributed by atoms with Crippen molar-refractivity contribution in [3.8, 4) is 5.75 Å². The smallest absolute Gasteiger partial charge is 0.227 e. The number of hydrogen-bond acceptors (Lipinski definition) is 3. The number of nitrogens with one attached hydrogen (secondary N) is 1. The summed E-state index contributed by atoms with van der Waals surface area (Å²) >= 11 is 0. The second-order valence-corrected chi connectivity index (χ2v) is 6.99. The van der Waals surface area contributed by atoms with Crippen molar-refractivity contribution in [2.75, 3.05) is 25.0 Å². The number of benzene rings is 2. The maximum absolute atomic E-state index is 12.1. The molecule has 0 spiro atoms. The van der Waals surface area contributed by atoms with E-state index in [9.17, 15) is 4.79 Å². The second-order valence-electron chi connectivity index (χ2n) is 6.99. The van der Waals surface area contributed by atoms with Gasteiger partial charge in [0, 0.05) is 12.2 Å². The summed E-state index contributed by atoms with van der Waals surface area (Å²) in [5, 5.41) is 2.94. The van der Waals surface area contributed by atoms with Crippen LogP contribution in [-0.4, -0.2) is 30.5 Å². The van der Waals surface area contributed by atoms with Crippen LogP contribution in [0.2, 0.25) is 0 Å². The lowest BCUT2D eigenvalue weighted by atomic mass is 10.1. The number of amides is 1. The summed E-state index contributed by atoms with van der Waals surface area (Å²) in [5.41, 5.74) is 3.33. The van der Waals surface area contributed by atoms with E-state index in [4.69, 9.17) is 4.74 Å². The maximum Gasteiger partial charge on any atom is 0.227 e. The number of rotatable bonds is 7. The second kappa shape index (κ2) is 9.39. The predicted octanol–water partition coefficient (Wildman–Crippen LogP) is 4.39. The van der Waals surface area contributed by atoms with Crippen molar-refractivity contribution in [3.63, 3.8) is 0 Å². The molecule has 2 aromatic rings. The van der Waals surface area contributed by atoms with Crippen LogP contribution in [0.25, 0.3) is 0 Å². The Hall–Kier alpha value is -2.33. The Kier molecular flexibility index (Phi) is 6.67. The molecule has 0 unspecified atom stereocenters. The number of carbonyl (C=O) groups is 1. The van der Waals surface area contributed by atoms with E-state index in [2.05, 4.69) is 22.3 Å². The Morgan fingerprint density at radius 2 is 1.69 bits per heavy atom. The largest absolute Gasteiger partial charge is 0.493 e. The molecule has 138 valence electrons. The van der Waals surface area contributed by atoms with Crippen LogP contribution in [0, 0.1) is 6.92 Å². The predicted molar refractivity (Wildman–Crippen MR) is 105 cm³/mol. The standard InChI is InChI=1S/C22H28N2O2/c1-18-5-11-21(12-6-18)26-16-13-22(25)23-20-9-7-19(8-10-20)17-24-14-3-2-4-15-24/h5-12H,2-4,13-17H2,1H3,(H,23,25). The Labute approximate surface area is 156 Å². The van der Waals surface area contributed by atoms with E-state index in [-0.39, 0.29) is 5.91 Å². The molecule has 1 aliphatic rings. The third-order valence-corrected chi connectivity index (χ3v) is 4.71. The average Bonchev–Trinajstić information content (AvgIpc) is 2.66. The summed E-state index contributed by atoms with van der Waals surface area (Å²) in [4.78, 5) is 14.6. The number of hydrogen-bond donors (Lipinski definition) is 1. The fourth-order valence-corrected chi connectivity index (χ4v) is 3.19. The van der Waals surface area contributed by atoms with Gasteiger partial charge in [0.15, 0.2) is 0 Å². The van der Waals surface area contributed by atoms with E-state index in [1.165, 1.54) is 43.5 Å². The van der Waals surface area contributed by atoms with Gasteiger partial charge < -0.3 is 10.1 Å². The zero-order chi connectivity index (χ0) is 18.2. The first kappa shape index (κ1) is 18.5. The first-order chi connectivity index (χ1) is 12.7. The Balaban J connectivity index is 1.40. The molecule has 0 aromatic heterocycles. The van der Waals surface area contributed by atoms with Crippen molar-refractivity contribution in [1.29, 1.82) is 0 Å². The highest BCUT2D eigenvalue weighted by molar-refractivity contribution is 5.90. The Morgan fingerprint density at radius 3 is 2.38 bits per heavy atom. The number of nitrogens with zero attached hydrogens (tertiary/aromatic N) is 1. The molecule has 1 aliphatic heterocycles. The molecule has 0 saturated carbocycles. The quantitative estimate of drug-likeness (QED) is 0.803. The molecular weight excluding hydrogens is 324 g/mol. The molecule has 4 heteroatoms. The highest BCUT2D eigenvalue weighted by atomic mass is 16.5. The number of likely N-dealkylation sites (tertiary alicyclic amines) is 1. The molecule has 3 rings (SSSR count). The molecule has 1 N–H and O–H groups in total. The lowest BCUT2D eigenvalue weighted by molar-refractivity contribution is -0.116. The van der Waals surface area contributed by atoms with Crippen molar-refractivity contribution < 1.29 is 9.53 Å². The molecule has 1 heterocycles. The Bertz CT molecular complexity index is 689. The summed E-state index contributed by atoms with van der Waals surface area (Å²) in [7, 11) is 0. The monoisotopic (exact) mass is 352 g/mol. The van der Waals surface area contributed by atoms with Gasteiger partial charge in [-0.1, -0.05) is 36.2 Å². The van der Waals surface area contributed by atoms with E-state index in [0.29, 0.717) is 13.0 Å². The van der Waals surface area contributed by atoms with Gasteiger partial charge in [-0.25, -0.2) is 0 Å². The fraction of sp³-hybridized carbons (Fsp3) is 0.409. The van der Waals surface area contributed by atoms with Gasteiger partial charge in [-0.3, -0.25) is 9.69 Å². The molecule has 0 radical (unpaired) electrons. The number of carbonyl (C=O) groups excluding carboxylic acids is 1. The van der Waals surface area contributed by atoms with Crippen LogP contribution in [0.4, 0.5) is 5.69 Å². The third kappa shape index (κ3) is 5.88. The SMILES string of the molecule is Cc1ccc(OCCC(=O)Nc2ccc(CN3CCCCC3)cc2)cc1. The fourth-order valence-electron chi connectivity index (χ4n) is 3.19. The molecule has 1 fully saturated rings. The molecular formula is C22H28N2O2. The maximum atomic E-state index is 12.1. The van der Waals surface area contributed by atoms with Gasteiger partial charge >= 0.3 is 0 Å². The molecule has 1 amide bonds. The van der Waals surface area contributed by atoms with Gasteiger partial charge in [-0.15, -0.1) is 0 Å². The van der Waals surface area contributed by atoms with E-state index < -0.39 is 0 Å². The number of anilines is 1. The van der Waals surface area contributed by atoms with Crippen molar-refractivity contribution in [2.45, 2.75) is 39.2 Å². The highest BCUT2D eigenvalue weighted by Gasteiger charge is 2.10. The van der Waals surface area contributed by atoms with Crippen LogP contribution in [-0.2, 0) is 11.3 Å². The van der Waals surface area contributed by atoms with Gasteiger partial charge in [0.1, 0.15) is 5.75 Å². The lowest BCUT2D eigenvalue weighted by Gasteiger charge is -2.26. The first-order valence-electron chi connectivity index (χ1n) is 9.50. The number of piperidine rings is 1. The zero-order valence-electron chi connectivity index (χ0n) is 15.5. The van der Waals surface area contributed by atoms with Gasteiger partial charge in [0.25, 0.3) is 0 Å². The van der Waals surface area contributed by atoms with Gasteiger partial charge in [-0.05, 0) is 62.7 Å². The van der Waals surface area contributed by atoms with Crippen molar-refractivity contribution in [3.05, 3.63) is 59.7 Å². The molecule has 0 aliphatic carbocycles. The first-order valence-corrected chi connectivity index (χ1v) is 9.50. The zero-order valence-corrected chi connectivity index (χ0v) is 15.5. The Morgan fingerprint density at radius 1 is 1.00 bits per heavy atom. The summed E-state index contributed by atoms with van der Waals surface area (Å²) in [6.07, 6.45) is 4.30. The summed E-state index contributed by atoms with van der Waals surface area (Å²) < 4.78 is 5.61. The molecule has 4 nitrogen and oxygen atoms in total. The van der Waals surface area contributed by atoms with Crippen LogP contribution in [0.3, 0.4) is 0 Å². The van der Waals surface area contributed by atoms with Crippen LogP contribution in [0.5, 0.6) is 5.75 Å². The lowest BCUT2D eigenvalue weighted by Crippen LogP contribution is -2.29. The number of aryl methyl sites for hydroxylation is 1. The molecule has 0 bridgehead atoms. The van der Waals surface area contributed by atoms with Crippen LogP contribution >= 0.6 is 0 Å². The summed E-state index contributed by atoms with van der Waals surface area (Å²) in [6.45, 7) is 5.80. The van der Waals surface area contributed by atoms with E-state index in [1.54, 1.807) is 0 Å². The minimum atomic E-state index is -0.0270. The molecule has 1 saturated heterocycles. The van der Waals surface area contributed by atoms with E-state index >= 15 is 0 Å². The van der Waals surface area contributed by atoms with Crippen molar-refractivity contribution in [2.24, 2.45) is 0 Å². The molecule has 2 aromatic carbocycles. The molecule has 0 atom stereocenters. The summed E-state index contributed by atoms with van der Waals surface area (Å²) in [5.74, 6) is 0.770. The summed E-state index contributed by atoms with van der Waals surface area (Å²) in [6, 6.07) is 16.0. The van der Waals surface area contributed by atoms with E-state index in [1.807, 2.05) is 43.3 Å². The minimum Gasteiger partial charge on any atom is -0.493 e. The van der Waals surface area contributed by atoms with E-state index in [0.717, 1.165) is 18.0 Å². The normalized spacial score (nSPS) is 14.8. The van der Waals surface area contributed by atoms with Crippen LogP contribution in [0.15, 0.2) is 48.5 Å². The van der Waals surface area contributed by atoms with Gasteiger partial charge in [0.2, 0.25) is 5.91 Å². The van der Waals surface area contributed by atoms with Crippen LogP contribution in [0.1, 0.15) is 36.8 Å². The van der Waals surface area contributed by atoms with Gasteiger partial charge in [0.05, 0.1) is 13.0 Å². The highest BCUT2D eigenvalue weighted by Crippen LogP contribution is 2.16. The topological polar surface area (TPSA) is 41.6 Å². The van der Waals surface area contributed by atoms with Gasteiger partial charge in [-0.2, -0.15) is 0 Å². The van der Waals surface area contributed by atoms with Crippen molar-refractivity contribution in [1.82, 2.24) is 4.90 Å².